The van der Waals surface area contributed by atoms with Crippen molar-refractivity contribution >= 4 is 23.6 Å². The van der Waals surface area contributed by atoms with Gasteiger partial charge in [0.1, 0.15) is 5.82 Å². The maximum Gasteiger partial charge on any atom is 0.255 e. The number of anilines is 1. The highest BCUT2D eigenvalue weighted by Crippen LogP contribution is 2.22. The Balaban J connectivity index is 1.77. The predicted molar refractivity (Wildman–Crippen MR) is 128 cm³/mol. The van der Waals surface area contributed by atoms with Gasteiger partial charge in [-0.15, -0.1) is 0 Å². The molecule has 7 heteroatoms. The molecule has 4 N–H and O–H groups in total. The van der Waals surface area contributed by atoms with E-state index >= 15 is 0 Å². The van der Waals surface area contributed by atoms with Crippen LogP contribution in [0.3, 0.4) is 0 Å². The average molecular weight is 434 g/mol. The number of aldehydes is 1. The summed E-state index contributed by atoms with van der Waals surface area (Å²) in [6, 6.07) is 13.1. The first kappa shape index (κ1) is 23.2. The summed E-state index contributed by atoms with van der Waals surface area (Å²) in [6.07, 6.45) is 3.53. The van der Waals surface area contributed by atoms with Gasteiger partial charge in [0.05, 0.1) is 11.4 Å². The summed E-state index contributed by atoms with van der Waals surface area (Å²) in [6.45, 7) is 9.89. The first-order valence-corrected chi connectivity index (χ1v) is 10.8. The zero-order chi connectivity index (χ0) is 23.1. The number of benzene rings is 1. The van der Waals surface area contributed by atoms with Gasteiger partial charge in [0.2, 0.25) is 0 Å². The predicted octanol–water partition coefficient (Wildman–Crippen LogP) is 2.60. The molecule has 1 aromatic heterocycles. The molecule has 0 atom stereocenters. The molecule has 1 amide bonds. The van der Waals surface area contributed by atoms with Crippen molar-refractivity contribution in [2.45, 2.75) is 26.2 Å². The van der Waals surface area contributed by atoms with Crippen LogP contribution in [0.2, 0.25) is 0 Å². The Bertz CT molecular complexity index is 1010. The Kier molecular flexibility index (Phi) is 7.43. The fourth-order valence-corrected chi connectivity index (χ4v) is 3.45. The van der Waals surface area contributed by atoms with Gasteiger partial charge >= 0.3 is 0 Å². The second kappa shape index (κ2) is 10.2. The van der Waals surface area contributed by atoms with Crippen molar-refractivity contribution in [3.8, 4) is 0 Å². The van der Waals surface area contributed by atoms with Gasteiger partial charge < -0.3 is 21.3 Å². The molecule has 1 aliphatic heterocycles. The van der Waals surface area contributed by atoms with E-state index in [0.717, 1.165) is 37.6 Å². The molecule has 0 unspecified atom stereocenters. The summed E-state index contributed by atoms with van der Waals surface area (Å²) >= 11 is 0. The summed E-state index contributed by atoms with van der Waals surface area (Å²) in [5, 5.41) is 5.98. The van der Waals surface area contributed by atoms with Crippen LogP contribution < -0.4 is 21.3 Å². The molecule has 1 saturated heterocycles. The lowest BCUT2D eigenvalue weighted by Gasteiger charge is -2.28. The van der Waals surface area contributed by atoms with Crippen molar-refractivity contribution in [2.24, 2.45) is 5.73 Å². The monoisotopic (exact) mass is 433 g/mol. The molecule has 0 saturated carbocycles. The minimum atomic E-state index is -0.359. The van der Waals surface area contributed by atoms with Crippen molar-refractivity contribution < 1.29 is 9.59 Å². The van der Waals surface area contributed by atoms with Crippen LogP contribution in [0.4, 0.5) is 5.82 Å². The number of aromatic nitrogens is 1. The fourth-order valence-electron chi connectivity index (χ4n) is 3.45. The van der Waals surface area contributed by atoms with Crippen molar-refractivity contribution in [2.75, 3.05) is 31.1 Å². The minimum Gasteiger partial charge on any atom is -0.404 e. The number of pyridine rings is 1. The van der Waals surface area contributed by atoms with Gasteiger partial charge in [-0.2, -0.15) is 0 Å². The van der Waals surface area contributed by atoms with Crippen LogP contribution in [-0.2, 0) is 10.2 Å². The molecule has 1 aliphatic rings. The Morgan fingerprint density at radius 2 is 1.81 bits per heavy atom. The van der Waals surface area contributed by atoms with Gasteiger partial charge in [0, 0.05) is 43.5 Å². The number of rotatable bonds is 6. The number of nitrogens with one attached hydrogen (secondary N) is 2. The smallest absolute Gasteiger partial charge is 0.255 e. The van der Waals surface area contributed by atoms with Crippen molar-refractivity contribution in [3.63, 3.8) is 0 Å². The molecule has 32 heavy (non-hydrogen) atoms. The van der Waals surface area contributed by atoms with E-state index in [1.165, 1.54) is 12.3 Å². The summed E-state index contributed by atoms with van der Waals surface area (Å²) in [5.74, 6) is 0.495. The number of amides is 1. The number of hydrogen-bond donors (Lipinski definition) is 3. The molecular formula is C25H31N5O2. The zero-order valence-corrected chi connectivity index (χ0v) is 18.9. The van der Waals surface area contributed by atoms with E-state index in [4.69, 9.17) is 10.7 Å². The van der Waals surface area contributed by atoms with Gasteiger partial charge in [-0.1, -0.05) is 39.0 Å². The van der Waals surface area contributed by atoms with Gasteiger partial charge in [0.15, 0.2) is 6.29 Å². The molecule has 0 radical (unpaired) electrons. The lowest BCUT2D eigenvalue weighted by Crippen LogP contribution is -2.43. The number of nitrogens with zero attached hydrogens (tertiary/aromatic N) is 2. The second-order valence-corrected chi connectivity index (χ2v) is 8.74. The molecule has 0 aliphatic carbocycles. The van der Waals surface area contributed by atoms with Crippen molar-refractivity contribution in [3.05, 3.63) is 77.3 Å². The molecule has 168 valence electrons. The molecule has 1 fully saturated rings. The number of carbonyl (C=O) groups is 2. The van der Waals surface area contributed by atoms with Crippen LogP contribution in [0.25, 0.3) is 5.57 Å². The summed E-state index contributed by atoms with van der Waals surface area (Å²) in [4.78, 5) is 31.2. The van der Waals surface area contributed by atoms with Crippen molar-refractivity contribution in [1.29, 1.82) is 0 Å². The minimum absolute atomic E-state index is 0.00403. The van der Waals surface area contributed by atoms with Crippen LogP contribution in [0.1, 0.15) is 42.4 Å². The lowest BCUT2D eigenvalue weighted by atomic mass is 9.87. The molecule has 0 spiro atoms. The third kappa shape index (κ3) is 5.82. The van der Waals surface area contributed by atoms with Gasteiger partial charge in [0.25, 0.3) is 5.91 Å². The molecule has 1 aromatic carbocycles. The first-order chi connectivity index (χ1) is 15.3. The Hall–Kier alpha value is -3.45. The largest absolute Gasteiger partial charge is 0.404 e. The molecule has 7 nitrogen and oxygen atoms in total. The maximum absolute atomic E-state index is 12.7. The van der Waals surface area contributed by atoms with Gasteiger partial charge in [-0.25, -0.2) is 4.98 Å². The van der Waals surface area contributed by atoms with Crippen LogP contribution in [0, 0.1) is 0 Å². The van der Waals surface area contributed by atoms with E-state index < -0.39 is 0 Å². The van der Waals surface area contributed by atoms with Crippen LogP contribution in [0.5, 0.6) is 0 Å². The average Bonchev–Trinajstić information content (AvgIpc) is 2.81. The normalized spacial score (nSPS) is 15.4. The van der Waals surface area contributed by atoms with Crippen LogP contribution >= 0.6 is 0 Å². The number of piperazine rings is 1. The summed E-state index contributed by atoms with van der Waals surface area (Å²) in [7, 11) is 0. The lowest BCUT2D eigenvalue weighted by molar-refractivity contribution is -0.105. The van der Waals surface area contributed by atoms with E-state index in [1.54, 1.807) is 12.1 Å². The molecule has 2 aromatic rings. The van der Waals surface area contributed by atoms with Crippen LogP contribution in [-0.4, -0.2) is 43.4 Å². The van der Waals surface area contributed by atoms with E-state index in [1.807, 2.05) is 30.3 Å². The third-order valence-electron chi connectivity index (χ3n) is 5.36. The number of carbonyl (C=O) groups excluding carboxylic acids is 2. The first-order valence-electron chi connectivity index (χ1n) is 10.8. The highest BCUT2D eigenvalue weighted by molar-refractivity contribution is 5.99. The molecule has 2 heterocycles. The molecule has 3 rings (SSSR count). The Morgan fingerprint density at radius 1 is 1.12 bits per heavy atom. The standard InChI is InChI=1S/C25H31N5O2/c1-25(2,3)20-9-7-18(8-10-20)24(32)28-21(17-31)15-19(16-26)22-5-4-6-23(29-22)30-13-11-27-12-14-30/h4-10,15-17,27H,11-14,26H2,1-3H3,(H,28,32)/b19-16+,21-15+. The van der Waals surface area contributed by atoms with Crippen molar-refractivity contribution in [1.82, 2.24) is 15.6 Å². The molecular weight excluding hydrogens is 402 g/mol. The SMILES string of the molecule is CC(C)(C)c1ccc(C(=O)N/C(C=O)=C/C(=C\N)c2cccc(N3CCNCC3)n2)cc1. The highest BCUT2D eigenvalue weighted by Gasteiger charge is 2.16. The van der Waals surface area contributed by atoms with E-state index in [9.17, 15) is 9.59 Å². The Morgan fingerprint density at radius 3 is 2.41 bits per heavy atom. The third-order valence-corrected chi connectivity index (χ3v) is 5.36. The summed E-state index contributed by atoms with van der Waals surface area (Å²) in [5.41, 5.74) is 8.73. The van der Waals surface area contributed by atoms with E-state index in [0.29, 0.717) is 23.1 Å². The number of hydrogen-bond acceptors (Lipinski definition) is 6. The van der Waals surface area contributed by atoms with Crippen LogP contribution in [0.15, 0.2) is 60.4 Å². The highest BCUT2D eigenvalue weighted by atomic mass is 16.2. The van der Waals surface area contributed by atoms with Gasteiger partial charge in [-0.05, 0) is 41.3 Å². The Labute approximate surface area is 189 Å². The topological polar surface area (TPSA) is 100 Å². The van der Waals surface area contributed by atoms with Gasteiger partial charge in [-0.3, -0.25) is 9.59 Å². The number of nitrogens with two attached hydrogens (primary N) is 1. The summed E-state index contributed by atoms with van der Waals surface area (Å²) < 4.78 is 0. The molecule has 0 bridgehead atoms. The quantitative estimate of drug-likeness (QED) is 0.368. The van der Waals surface area contributed by atoms with E-state index in [2.05, 4.69) is 36.3 Å². The zero-order valence-electron chi connectivity index (χ0n) is 18.9. The second-order valence-electron chi connectivity index (χ2n) is 8.74. The maximum atomic E-state index is 12.7. The fraction of sp³-hybridized carbons (Fsp3) is 0.320. The number of allylic oxidation sites excluding steroid dienone is 3. The van der Waals surface area contributed by atoms with E-state index in [-0.39, 0.29) is 17.0 Å².